The van der Waals surface area contributed by atoms with E-state index >= 15 is 0 Å². The lowest BCUT2D eigenvalue weighted by Gasteiger charge is -2.11. The Hall–Kier alpha value is -1.04. The van der Waals surface area contributed by atoms with Crippen molar-refractivity contribution in [2.75, 3.05) is 0 Å². The summed E-state index contributed by atoms with van der Waals surface area (Å²) in [6, 6.07) is 0. The third-order valence-electron chi connectivity index (χ3n) is 2.41. The fraction of sp³-hybridized carbons (Fsp3) is 0.667. The molecule has 0 bridgehead atoms. The summed E-state index contributed by atoms with van der Waals surface area (Å²) in [5.74, 6) is 0.565. The minimum Gasteiger partial charge on any atom is -0.378 e. The van der Waals surface area contributed by atoms with Crippen molar-refractivity contribution in [3.63, 3.8) is 0 Å². The van der Waals surface area contributed by atoms with Gasteiger partial charge in [0.05, 0.1) is 12.0 Å². The van der Waals surface area contributed by atoms with Crippen LogP contribution in [0.15, 0.2) is 12.5 Å². The minimum absolute atomic E-state index is 0.330. The first-order valence-electron chi connectivity index (χ1n) is 4.73. The Bertz CT molecular complexity index is 343. The van der Waals surface area contributed by atoms with E-state index in [0.29, 0.717) is 12.5 Å². The molecule has 15 heavy (non-hydrogen) atoms. The van der Waals surface area contributed by atoms with Gasteiger partial charge < -0.3 is 9.67 Å². The summed E-state index contributed by atoms with van der Waals surface area (Å²) in [6.07, 6.45) is -2.28. The molecule has 84 valence electrons. The van der Waals surface area contributed by atoms with Crippen molar-refractivity contribution in [2.45, 2.75) is 31.7 Å². The number of hydrogen-bond donors (Lipinski definition) is 1. The normalized spacial score (nSPS) is 19.2. The van der Waals surface area contributed by atoms with Gasteiger partial charge in [0.25, 0.3) is 0 Å². The highest BCUT2D eigenvalue weighted by molar-refractivity contribution is 5.03. The first-order chi connectivity index (χ1) is 6.97. The first-order valence-corrected chi connectivity index (χ1v) is 4.73. The van der Waals surface area contributed by atoms with Crippen molar-refractivity contribution in [1.29, 1.82) is 0 Å². The number of imidazole rings is 1. The van der Waals surface area contributed by atoms with Gasteiger partial charge in [0.1, 0.15) is 0 Å². The Balaban J connectivity index is 2.05. The van der Waals surface area contributed by atoms with Gasteiger partial charge >= 0.3 is 6.18 Å². The van der Waals surface area contributed by atoms with E-state index in [-0.39, 0.29) is 5.69 Å². The van der Waals surface area contributed by atoms with Crippen LogP contribution in [0.4, 0.5) is 13.2 Å². The van der Waals surface area contributed by atoms with Gasteiger partial charge in [-0.2, -0.15) is 13.2 Å². The Morgan fingerprint density at radius 3 is 2.73 bits per heavy atom. The highest BCUT2D eigenvalue weighted by atomic mass is 19.4. The van der Waals surface area contributed by atoms with Crippen molar-refractivity contribution in [2.24, 2.45) is 5.92 Å². The van der Waals surface area contributed by atoms with E-state index in [1.54, 1.807) is 4.57 Å². The monoisotopic (exact) mass is 220 g/mol. The van der Waals surface area contributed by atoms with Crippen LogP contribution in [0.3, 0.4) is 0 Å². The zero-order valence-corrected chi connectivity index (χ0v) is 7.91. The smallest absolute Gasteiger partial charge is 0.378 e. The standard InChI is InChI=1S/C9H11F3N2O/c10-9(11,12)8(15)7-4-14(5-13-7)3-6-1-2-6/h4-6,8,15H,1-3H2. The van der Waals surface area contributed by atoms with Crippen LogP contribution in [0, 0.1) is 5.92 Å². The molecule has 0 saturated heterocycles. The number of rotatable bonds is 3. The molecule has 1 aromatic rings. The van der Waals surface area contributed by atoms with Crippen LogP contribution in [0.1, 0.15) is 24.6 Å². The fourth-order valence-electron chi connectivity index (χ4n) is 1.38. The molecule has 2 rings (SSSR count). The zero-order valence-electron chi connectivity index (χ0n) is 7.91. The summed E-state index contributed by atoms with van der Waals surface area (Å²) < 4.78 is 38.0. The van der Waals surface area contributed by atoms with E-state index in [1.165, 1.54) is 12.5 Å². The van der Waals surface area contributed by atoms with Crippen LogP contribution >= 0.6 is 0 Å². The van der Waals surface area contributed by atoms with Gasteiger partial charge in [0, 0.05) is 12.7 Å². The lowest BCUT2D eigenvalue weighted by Crippen LogP contribution is -2.20. The lowest BCUT2D eigenvalue weighted by atomic mass is 10.3. The van der Waals surface area contributed by atoms with Crippen LogP contribution in [0.2, 0.25) is 0 Å². The second-order valence-electron chi connectivity index (χ2n) is 3.88. The Kier molecular flexibility index (Phi) is 2.46. The van der Waals surface area contributed by atoms with Gasteiger partial charge in [-0.05, 0) is 18.8 Å². The molecule has 1 unspecified atom stereocenters. The van der Waals surface area contributed by atoms with Crippen molar-refractivity contribution in [3.05, 3.63) is 18.2 Å². The second kappa shape index (κ2) is 3.52. The Labute approximate surface area is 84.5 Å². The van der Waals surface area contributed by atoms with Crippen LogP contribution in [0.5, 0.6) is 0 Å². The summed E-state index contributed by atoms with van der Waals surface area (Å²) in [5.41, 5.74) is -0.330. The van der Waals surface area contributed by atoms with Gasteiger partial charge in [0.15, 0.2) is 6.10 Å². The van der Waals surface area contributed by atoms with E-state index in [2.05, 4.69) is 4.98 Å². The molecule has 1 saturated carbocycles. The maximum Gasteiger partial charge on any atom is 0.420 e. The number of halogens is 3. The molecule has 1 N–H and O–H groups in total. The van der Waals surface area contributed by atoms with E-state index in [4.69, 9.17) is 5.11 Å². The molecule has 3 nitrogen and oxygen atoms in total. The number of hydrogen-bond acceptors (Lipinski definition) is 2. The molecule has 1 aliphatic carbocycles. The lowest BCUT2D eigenvalue weighted by molar-refractivity contribution is -0.207. The molecule has 0 aromatic carbocycles. The number of nitrogens with zero attached hydrogens (tertiary/aromatic N) is 2. The Morgan fingerprint density at radius 1 is 1.53 bits per heavy atom. The zero-order chi connectivity index (χ0) is 11.1. The number of aromatic nitrogens is 2. The predicted molar refractivity (Wildman–Crippen MR) is 46.0 cm³/mol. The largest absolute Gasteiger partial charge is 0.420 e. The van der Waals surface area contributed by atoms with Crippen molar-refractivity contribution < 1.29 is 18.3 Å². The van der Waals surface area contributed by atoms with Crippen LogP contribution in [0.25, 0.3) is 0 Å². The predicted octanol–water partition coefficient (Wildman–Crippen LogP) is 1.89. The molecule has 1 aliphatic rings. The van der Waals surface area contributed by atoms with Crippen molar-refractivity contribution in [1.82, 2.24) is 9.55 Å². The van der Waals surface area contributed by atoms with Crippen molar-refractivity contribution in [3.8, 4) is 0 Å². The average molecular weight is 220 g/mol. The topological polar surface area (TPSA) is 38.0 Å². The summed E-state index contributed by atoms with van der Waals surface area (Å²) in [6.45, 7) is 0.692. The van der Waals surface area contributed by atoms with Gasteiger partial charge in [0.2, 0.25) is 0 Å². The fourth-order valence-corrected chi connectivity index (χ4v) is 1.38. The van der Waals surface area contributed by atoms with Gasteiger partial charge in [-0.15, -0.1) is 0 Å². The van der Waals surface area contributed by atoms with Crippen molar-refractivity contribution >= 4 is 0 Å². The van der Waals surface area contributed by atoms with E-state index in [0.717, 1.165) is 12.8 Å². The van der Waals surface area contributed by atoms with E-state index in [1.807, 2.05) is 0 Å². The molecule has 0 aliphatic heterocycles. The van der Waals surface area contributed by atoms with Gasteiger partial charge in [-0.3, -0.25) is 0 Å². The molecule has 1 aromatic heterocycles. The van der Waals surface area contributed by atoms with Crippen LogP contribution in [-0.4, -0.2) is 20.8 Å². The molecule has 1 atom stereocenters. The van der Waals surface area contributed by atoms with Crippen LogP contribution in [-0.2, 0) is 6.54 Å². The minimum atomic E-state index is -4.64. The molecule has 0 radical (unpaired) electrons. The van der Waals surface area contributed by atoms with E-state index < -0.39 is 12.3 Å². The summed E-state index contributed by atoms with van der Waals surface area (Å²) in [7, 11) is 0. The Morgan fingerprint density at radius 2 is 2.20 bits per heavy atom. The molecular weight excluding hydrogens is 209 g/mol. The number of aliphatic hydroxyl groups excluding tert-OH is 1. The highest BCUT2D eigenvalue weighted by Gasteiger charge is 2.40. The third-order valence-corrected chi connectivity index (χ3v) is 2.41. The SMILES string of the molecule is OC(c1cn(CC2CC2)cn1)C(F)(F)F. The third kappa shape index (κ3) is 2.50. The summed E-state index contributed by atoms with van der Waals surface area (Å²) >= 11 is 0. The number of aliphatic hydroxyl groups is 1. The molecule has 0 amide bonds. The molecule has 1 heterocycles. The molecule has 0 spiro atoms. The average Bonchev–Trinajstić information content (AvgIpc) is 2.80. The molecule has 1 fully saturated rings. The maximum atomic E-state index is 12.1. The first kappa shape index (κ1) is 10.5. The van der Waals surface area contributed by atoms with Gasteiger partial charge in [-0.1, -0.05) is 0 Å². The molecule has 6 heteroatoms. The second-order valence-corrected chi connectivity index (χ2v) is 3.88. The van der Waals surface area contributed by atoms with Gasteiger partial charge in [-0.25, -0.2) is 4.98 Å². The van der Waals surface area contributed by atoms with Crippen LogP contribution < -0.4 is 0 Å². The van der Waals surface area contributed by atoms with E-state index in [9.17, 15) is 13.2 Å². The highest BCUT2D eigenvalue weighted by Crippen LogP contribution is 2.33. The number of alkyl halides is 3. The maximum absolute atomic E-state index is 12.1. The molecular formula is C9H11F3N2O. The summed E-state index contributed by atoms with van der Waals surface area (Å²) in [4.78, 5) is 3.56. The quantitative estimate of drug-likeness (QED) is 0.844. The summed E-state index contributed by atoms with van der Waals surface area (Å²) in [5, 5.41) is 8.92.